The number of hydrogen-bond acceptors (Lipinski definition) is 2. The summed E-state index contributed by atoms with van der Waals surface area (Å²) in [5.41, 5.74) is 1.97. The summed E-state index contributed by atoms with van der Waals surface area (Å²) in [6.07, 6.45) is 3.40. The first kappa shape index (κ1) is 11.1. The normalized spacial score (nSPS) is 17.6. The highest BCUT2D eigenvalue weighted by Gasteiger charge is 2.25. The largest absolute Gasteiger partial charge is 0.372 e. The molecule has 1 aromatic carbocycles. The maximum atomic E-state index is 13.6. The SMILES string of the molecule is Fc1cccc(F)c1NC1CCc2cccnc21. The Hall–Kier alpha value is -1.97. The lowest BCUT2D eigenvalue weighted by molar-refractivity contribution is 0.581. The summed E-state index contributed by atoms with van der Waals surface area (Å²) < 4.78 is 27.1. The Morgan fingerprint density at radius 1 is 1.11 bits per heavy atom. The minimum Gasteiger partial charge on any atom is -0.372 e. The first-order chi connectivity index (χ1) is 8.75. The number of rotatable bonds is 2. The standard InChI is InChI=1S/C14H12F2N2/c15-10-4-1-5-11(16)14(10)18-12-7-6-9-3-2-8-17-13(9)12/h1-5,8,12,18H,6-7H2. The lowest BCUT2D eigenvalue weighted by atomic mass is 10.2. The fraction of sp³-hybridized carbons (Fsp3) is 0.214. The summed E-state index contributed by atoms with van der Waals surface area (Å²) in [5.74, 6) is -1.14. The van der Waals surface area contributed by atoms with Crippen molar-refractivity contribution >= 4 is 5.69 Å². The Labute approximate surface area is 104 Å². The predicted molar refractivity (Wildman–Crippen MR) is 65.3 cm³/mol. The summed E-state index contributed by atoms with van der Waals surface area (Å²) in [7, 11) is 0. The molecule has 1 aliphatic carbocycles. The average Bonchev–Trinajstić information content (AvgIpc) is 2.77. The van der Waals surface area contributed by atoms with Gasteiger partial charge in [-0.1, -0.05) is 12.1 Å². The molecule has 2 nitrogen and oxygen atoms in total. The van der Waals surface area contributed by atoms with Gasteiger partial charge in [-0.05, 0) is 36.6 Å². The van der Waals surface area contributed by atoms with Gasteiger partial charge in [-0.3, -0.25) is 4.98 Å². The van der Waals surface area contributed by atoms with Crippen LogP contribution in [0.1, 0.15) is 23.7 Å². The van der Waals surface area contributed by atoms with Gasteiger partial charge >= 0.3 is 0 Å². The number of pyridine rings is 1. The van der Waals surface area contributed by atoms with Crippen molar-refractivity contribution < 1.29 is 8.78 Å². The van der Waals surface area contributed by atoms with Crippen LogP contribution in [-0.2, 0) is 6.42 Å². The summed E-state index contributed by atoms with van der Waals surface area (Å²) in [6, 6.07) is 7.62. The van der Waals surface area contributed by atoms with Crippen molar-refractivity contribution in [2.45, 2.75) is 18.9 Å². The molecule has 1 heterocycles. The Balaban J connectivity index is 1.91. The molecule has 1 aromatic heterocycles. The van der Waals surface area contributed by atoms with Crippen LogP contribution in [0.5, 0.6) is 0 Å². The van der Waals surface area contributed by atoms with Crippen molar-refractivity contribution in [2.75, 3.05) is 5.32 Å². The van der Waals surface area contributed by atoms with Gasteiger partial charge in [-0.25, -0.2) is 8.78 Å². The van der Waals surface area contributed by atoms with Crippen molar-refractivity contribution in [3.8, 4) is 0 Å². The van der Waals surface area contributed by atoms with Gasteiger partial charge in [0.05, 0.1) is 11.7 Å². The smallest absolute Gasteiger partial charge is 0.149 e. The zero-order valence-electron chi connectivity index (χ0n) is 9.66. The molecule has 0 radical (unpaired) electrons. The van der Waals surface area contributed by atoms with Crippen molar-refractivity contribution in [1.29, 1.82) is 0 Å². The molecule has 1 atom stereocenters. The number of nitrogens with one attached hydrogen (secondary N) is 1. The summed E-state index contributed by atoms with van der Waals surface area (Å²) >= 11 is 0. The van der Waals surface area contributed by atoms with Crippen LogP contribution in [0, 0.1) is 11.6 Å². The number of halogens is 2. The molecule has 1 unspecified atom stereocenters. The van der Waals surface area contributed by atoms with E-state index in [4.69, 9.17) is 0 Å². The number of aromatic nitrogens is 1. The first-order valence-corrected chi connectivity index (χ1v) is 5.90. The number of hydrogen-bond donors (Lipinski definition) is 1. The van der Waals surface area contributed by atoms with E-state index in [1.807, 2.05) is 12.1 Å². The summed E-state index contributed by atoms with van der Waals surface area (Å²) in [5, 5.41) is 2.92. The van der Waals surface area contributed by atoms with Crippen LogP contribution in [0.25, 0.3) is 0 Å². The highest BCUT2D eigenvalue weighted by molar-refractivity contribution is 5.49. The number of para-hydroxylation sites is 1. The molecule has 1 aliphatic rings. The third kappa shape index (κ3) is 1.83. The fourth-order valence-corrected chi connectivity index (χ4v) is 2.36. The van der Waals surface area contributed by atoms with Gasteiger partial charge in [0.25, 0.3) is 0 Å². The molecule has 0 saturated heterocycles. The van der Waals surface area contributed by atoms with E-state index in [2.05, 4.69) is 10.3 Å². The van der Waals surface area contributed by atoms with Gasteiger partial charge in [0.1, 0.15) is 17.3 Å². The lowest BCUT2D eigenvalue weighted by Crippen LogP contribution is -2.11. The van der Waals surface area contributed by atoms with Crippen LogP contribution >= 0.6 is 0 Å². The van der Waals surface area contributed by atoms with E-state index in [1.165, 1.54) is 18.2 Å². The lowest BCUT2D eigenvalue weighted by Gasteiger charge is -2.15. The third-order valence-corrected chi connectivity index (χ3v) is 3.24. The van der Waals surface area contributed by atoms with Crippen molar-refractivity contribution in [1.82, 2.24) is 4.98 Å². The van der Waals surface area contributed by atoms with E-state index >= 15 is 0 Å². The molecular formula is C14H12F2N2. The van der Waals surface area contributed by atoms with Crippen LogP contribution in [0.4, 0.5) is 14.5 Å². The Bertz CT molecular complexity index is 564. The van der Waals surface area contributed by atoms with Gasteiger partial charge in [0, 0.05) is 6.20 Å². The van der Waals surface area contributed by atoms with Crippen molar-refractivity contribution in [2.24, 2.45) is 0 Å². The van der Waals surface area contributed by atoms with Gasteiger partial charge < -0.3 is 5.32 Å². The molecule has 18 heavy (non-hydrogen) atoms. The second-order valence-electron chi connectivity index (χ2n) is 4.38. The first-order valence-electron chi connectivity index (χ1n) is 5.90. The number of nitrogens with zero attached hydrogens (tertiary/aromatic N) is 1. The Kier molecular flexibility index (Phi) is 2.70. The highest BCUT2D eigenvalue weighted by Crippen LogP contribution is 2.33. The maximum Gasteiger partial charge on any atom is 0.149 e. The van der Waals surface area contributed by atoms with E-state index < -0.39 is 11.6 Å². The molecule has 0 spiro atoms. The molecule has 0 fully saturated rings. The molecule has 1 N–H and O–H groups in total. The number of fused-ring (bicyclic) bond motifs is 1. The van der Waals surface area contributed by atoms with Gasteiger partial charge in [-0.15, -0.1) is 0 Å². The topological polar surface area (TPSA) is 24.9 Å². The second kappa shape index (κ2) is 4.37. The average molecular weight is 246 g/mol. The van der Waals surface area contributed by atoms with Crippen molar-refractivity contribution in [3.63, 3.8) is 0 Å². The number of anilines is 1. The molecule has 92 valence electrons. The molecule has 0 bridgehead atoms. The van der Waals surface area contributed by atoms with Gasteiger partial charge in [-0.2, -0.15) is 0 Å². The monoisotopic (exact) mass is 246 g/mol. The molecule has 0 saturated carbocycles. The molecular weight excluding hydrogens is 234 g/mol. The van der Waals surface area contributed by atoms with Crippen LogP contribution in [0.3, 0.4) is 0 Å². The van der Waals surface area contributed by atoms with E-state index in [1.54, 1.807) is 6.20 Å². The maximum absolute atomic E-state index is 13.6. The molecule has 0 aliphatic heterocycles. The van der Waals surface area contributed by atoms with E-state index in [0.29, 0.717) is 0 Å². The van der Waals surface area contributed by atoms with Crippen LogP contribution in [0.2, 0.25) is 0 Å². The zero-order valence-corrected chi connectivity index (χ0v) is 9.66. The van der Waals surface area contributed by atoms with E-state index in [0.717, 1.165) is 24.1 Å². The second-order valence-corrected chi connectivity index (χ2v) is 4.38. The zero-order chi connectivity index (χ0) is 12.5. The van der Waals surface area contributed by atoms with Crippen LogP contribution < -0.4 is 5.32 Å². The minimum atomic E-state index is -0.570. The Morgan fingerprint density at radius 2 is 1.89 bits per heavy atom. The van der Waals surface area contributed by atoms with E-state index in [9.17, 15) is 8.78 Å². The summed E-state index contributed by atoms with van der Waals surface area (Å²) in [6.45, 7) is 0. The Morgan fingerprint density at radius 3 is 2.67 bits per heavy atom. The van der Waals surface area contributed by atoms with Crippen molar-refractivity contribution in [3.05, 3.63) is 59.4 Å². The summed E-state index contributed by atoms with van der Waals surface area (Å²) in [4.78, 5) is 4.29. The van der Waals surface area contributed by atoms with Crippen LogP contribution in [-0.4, -0.2) is 4.98 Å². The molecule has 2 aromatic rings. The molecule has 3 rings (SSSR count). The molecule has 0 amide bonds. The quantitative estimate of drug-likeness (QED) is 0.877. The van der Waals surface area contributed by atoms with E-state index in [-0.39, 0.29) is 11.7 Å². The third-order valence-electron chi connectivity index (χ3n) is 3.24. The number of aryl methyl sites for hydroxylation is 1. The van der Waals surface area contributed by atoms with Gasteiger partial charge in [0.2, 0.25) is 0 Å². The van der Waals surface area contributed by atoms with Gasteiger partial charge in [0.15, 0.2) is 0 Å². The van der Waals surface area contributed by atoms with Crippen LogP contribution in [0.15, 0.2) is 36.5 Å². The number of benzene rings is 1. The molecule has 4 heteroatoms. The minimum absolute atomic E-state index is 0.0685. The fourth-order valence-electron chi connectivity index (χ4n) is 2.36. The highest BCUT2D eigenvalue weighted by atomic mass is 19.1. The predicted octanol–water partition coefficient (Wildman–Crippen LogP) is 3.46.